The third-order valence-electron chi connectivity index (χ3n) is 2.90. The lowest BCUT2D eigenvalue weighted by atomic mass is 10.1. The van der Waals surface area contributed by atoms with Gasteiger partial charge in [-0.15, -0.1) is 0 Å². The molecule has 0 saturated heterocycles. The van der Waals surface area contributed by atoms with Gasteiger partial charge < -0.3 is 14.4 Å². The molecule has 0 unspecified atom stereocenters. The molecule has 0 spiro atoms. The summed E-state index contributed by atoms with van der Waals surface area (Å²) in [5, 5.41) is 0. The molecule has 0 aliphatic rings. The Morgan fingerprint density at radius 2 is 1.71 bits per heavy atom. The molecule has 1 aromatic rings. The van der Waals surface area contributed by atoms with E-state index in [1.54, 1.807) is 31.2 Å². The van der Waals surface area contributed by atoms with Gasteiger partial charge in [-0.1, -0.05) is 0 Å². The smallest absolute Gasteiger partial charge is 0.325 e. The SMILES string of the molecule is CCOC(=O)CN(C(=O)c1ccc(OCC)cc1)C(C)C. The first-order valence-electron chi connectivity index (χ1n) is 7.19. The molecule has 1 rings (SSSR count). The molecule has 116 valence electrons. The number of carbonyl (C=O) groups is 2. The number of hydrogen-bond donors (Lipinski definition) is 0. The largest absolute Gasteiger partial charge is 0.494 e. The summed E-state index contributed by atoms with van der Waals surface area (Å²) < 4.78 is 10.3. The third kappa shape index (κ3) is 5.10. The van der Waals surface area contributed by atoms with Crippen LogP contribution in [0.2, 0.25) is 0 Å². The number of rotatable bonds is 7. The van der Waals surface area contributed by atoms with E-state index >= 15 is 0 Å². The molecule has 0 aliphatic heterocycles. The van der Waals surface area contributed by atoms with E-state index in [0.29, 0.717) is 18.8 Å². The van der Waals surface area contributed by atoms with E-state index in [-0.39, 0.29) is 18.5 Å². The molecule has 21 heavy (non-hydrogen) atoms. The molecule has 0 atom stereocenters. The number of amides is 1. The lowest BCUT2D eigenvalue weighted by Gasteiger charge is -2.25. The maximum Gasteiger partial charge on any atom is 0.325 e. The van der Waals surface area contributed by atoms with Gasteiger partial charge in [0, 0.05) is 11.6 Å². The summed E-state index contributed by atoms with van der Waals surface area (Å²) in [6.07, 6.45) is 0. The molecule has 0 N–H and O–H groups in total. The van der Waals surface area contributed by atoms with Crippen molar-refractivity contribution < 1.29 is 19.1 Å². The lowest BCUT2D eigenvalue weighted by Crippen LogP contribution is -2.41. The first-order chi connectivity index (χ1) is 9.99. The van der Waals surface area contributed by atoms with E-state index in [1.165, 1.54) is 4.90 Å². The second-order valence-electron chi connectivity index (χ2n) is 4.79. The van der Waals surface area contributed by atoms with Gasteiger partial charge in [0.05, 0.1) is 13.2 Å². The van der Waals surface area contributed by atoms with Gasteiger partial charge in [0.25, 0.3) is 5.91 Å². The Labute approximate surface area is 125 Å². The van der Waals surface area contributed by atoms with Gasteiger partial charge >= 0.3 is 5.97 Å². The van der Waals surface area contributed by atoms with Crippen LogP contribution in [-0.4, -0.2) is 42.6 Å². The lowest BCUT2D eigenvalue weighted by molar-refractivity contribution is -0.144. The van der Waals surface area contributed by atoms with E-state index in [4.69, 9.17) is 9.47 Å². The molecular weight excluding hydrogens is 270 g/mol. The predicted molar refractivity (Wildman–Crippen MR) is 80.4 cm³/mol. The van der Waals surface area contributed by atoms with Crippen molar-refractivity contribution in [2.75, 3.05) is 19.8 Å². The molecule has 0 bridgehead atoms. The van der Waals surface area contributed by atoms with Crippen LogP contribution in [0, 0.1) is 0 Å². The molecule has 0 saturated carbocycles. The van der Waals surface area contributed by atoms with Crippen LogP contribution in [0.25, 0.3) is 0 Å². The minimum atomic E-state index is -0.398. The van der Waals surface area contributed by atoms with Gasteiger partial charge in [0.15, 0.2) is 0 Å². The minimum absolute atomic E-state index is 0.0441. The van der Waals surface area contributed by atoms with Crippen molar-refractivity contribution in [2.24, 2.45) is 0 Å². The fourth-order valence-electron chi connectivity index (χ4n) is 1.86. The Morgan fingerprint density at radius 1 is 1.10 bits per heavy atom. The molecule has 1 amide bonds. The summed E-state index contributed by atoms with van der Waals surface area (Å²) in [6, 6.07) is 6.81. The van der Waals surface area contributed by atoms with Crippen LogP contribution >= 0.6 is 0 Å². The highest BCUT2D eigenvalue weighted by atomic mass is 16.5. The van der Waals surface area contributed by atoms with Crippen LogP contribution in [0.15, 0.2) is 24.3 Å². The van der Waals surface area contributed by atoms with E-state index < -0.39 is 5.97 Å². The Bertz CT molecular complexity index is 468. The molecule has 0 aromatic heterocycles. The summed E-state index contributed by atoms with van der Waals surface area (Å²) in [7, 11) is 0. The van der Waals surface area contributed by atoms with E-state index in [0.717, 1.165) is 5.75 Å². The molecule has 5 heteroatoms. The van der Waals surface area contributed by atoms with Crippen molar-refractivity contribution in [1.82, 2.24) is 4.90 Å². The van der Waals surface area contributed by atoms with Crippen LogP contribution in [-0.2, 0) is 9.53 Å². The fraction of sp³-hybridized carbons (Fsp3) is 0.500. The monoisotopic (exact) mass is 293 g/mol. The van der Waals surface area contributed by atoms with Crippen molar-refractivity contribution in [3.8, 4) is 5.75 Å². The number of carbonyl (C=O) groups excluding carboxylic acids is 2. The molecule has 0 aliphatic carbocycles. The van der Waals surface area contributed by atoms with Crippen LogP contribution < -0.4 is 4.74 Å². The zero-order chi connectivity index (χ0) is 15.8. The number of benzene rings is 1. The van der Waals surface area contributed by atoms with Crippen LogP contribution in [0.5, 0.6) is 5.75 Å². The Morgan fingerprint density at radius 3 is 2.19 bits per heavy atom. The van der Waals surface area contributed by atoms with E-state index in [1.807, 2.05) is 20.8 Å². The average molecular weight is 293 g/mol. The molecule has 0 fully saturated rings. The van der Waals surface area contributed by atoms with Gasteiger partial charge in [-0.25, -0.2) is 0 Å². The third-order valence-corrected chi connectivity index (χ3v) is 2.90. The topological polar surface area (TPSA) is 55.8 Å². The van der Waals surface area contributed by atoms with E-state index in [9.17, 15) is 9.59 Å². The highest BCUT2D eigenvalue weighted by Crippen LogP contribution is 2.15. The van der Waals surface area contributed by atoms with Crippen LogP contribution in [0.3, 0.4) is 0 Å². The van der Waals surface area contributed by atoms with Crippen molar-refractivity contribution in [3.05, 3.63) is 29.8 Å². The highest BCUT2D eigenvalue weighted by Gasteiger charge is 2.22. The first-order valence-corrected chi connectivity index (χ1v) is 7.19. The van der Waals surface area contributed by atoms with Crippen molar-refractivity contribution >= 4 is 11.9 Å². The van der Waals surface area contributed by atoms with Gasteiger partial charge in [-0.3, -0.25) is 9.59 Å². The molecular formula is C16H23NO4. The average Bonchev–Trinajstić information content (AvgIpc) is 2.45. The van der Waals surface area contributed by atoms with Gasteiger partial charge in [-0.2, -0.15) is 0 Å². The van der Waals surface area contributed by atoms with Gasteiger partial charge in [-0.05, 0) is 52.0 Å². The van der Waals surface area contributed by atoms with Crippen molar-refractivity contribution in [2.45, 2.75) is 33.7 Å². The number of hydrogen-bond acceptors (Lipinski definition) is 4. The molecule has 0 heterocycles. The maximum atomic E-state index is 12.5. The number of ether oxygens (including phenoxy) is 2. The molecule has 1 aromatic carbocycles. The Kier molecular flexibility index (Phi) is 6.72. The standard InChI is InChI=1S/C16H23NO4/c1-5-20-14-9-7-13(8-10-14)16(19)17(12(3)4)11-15(18)21-6-2/h7-10,12H,5-6,11H2,1-4H3. The summed E-state index contributed by atoms with van der Waals surface area (Å²) in [5.41, 5.74) is 0.524. The summed E-state index contributed by atoms with van der Waals surface area (Å²) in [4.78, 5) is 25.6. The Balaban J connectivity index is 2.82. The van der Waals surface area contributed by atoms with Gasteiger partial charge in [0.1, 0.15) is 12.3 Å². The van der Waals surface area contributed by atoms with Gasteiger partial charge in [0.2, 0.25) is 0 Å². The normalized spacial score (nSPS) is 10.3. The van der Waals surface area contributed by atoms with Crippen molar-refractivity contribution in [1.29, 1.82) is 0 Å². The zero-order valence-corrected chi connectivity index (χ0v) is 13.1. The number of nitrogens with zero attached hydrogens (tertiary/aromatic N) is 1. The summed E-state index contributed by atoms with van der Waals surface area (Å²) in [5.74, 6) is 0.127. The first kappa shape index (κ1) is 17.0. The second-order valence-corrected chi connectivity index (χ2v) is 4.79. The minimum Gasteiger partial charge on any atom is -0.494 e. The van der Waals surface area contributed by atoms with E-state index in [2.05, 4.69) is 0 Å². The number of esters is 1. The predicted octanol–water partition coefficient (Wildman–Crippen LogP) is 2.50. The fourth-order valence-corrected chi connectivity index (χ4v) is 1.86. The summed E-state index contributed by atoms with van der Waals surface area (Å²) in [6.45, 7) is 8.22. The second kappa shape index (κ2) is 8.29. The summed E-state index contributed by atoms with van der Waals surface area (Å²) >= 11 is 0. The van der Waals surface area contributed by atoms with Crippen LogP contribution in [0.4, 0.5) is 0 Å². The maximum absolute atomic E-state index is 12.5. The quantitative estimate of drug-likeness (QED) is 0.725. The van der Waals surface area contributed by atoms with Crippen LogP contribution in [0.1, 0.15) is 38.1 Å². The van der Waals surface area contributed by atoms with Crippen molar-refractivity contribution in [3.63, 3.8) is 0 Å². The molecule has 0 radical (unpaired) electrons. The molecule has 5 nitrogen and oxygen atoms in total. The highest BCUT2D eigenvalue weighted by molar-refractivity contribution is 5.96. The zero-order valence-electron chi connectivity index (χ0n) is 13.1. The Hall–Kier alpha value is -2.04.